The first-order chi connectivity index (χ1) is 9.68. The molecule has 2 heterocycles. The minimum atomic E-state index is -0.0952. The summed E-state index contributed by atoms with van der Waals surface area (Å²) in [7, 11) is 0. The second-order valence-corrected chi connectivity index (χ2v) is 6.19. The van der Waals surface area contributed by atoms with Gasteiger partial charge in [-0.15, -0.1) is 0 Å². The molecule has 1 aromatic rings. The summed E-state index contributed by atoms with van der Waals surface area (Å²) in [5.41, 5.74) is 8.69. The molecule has 1 amide bonds. The largest absolute Gasteiger partial charge is 0.341 e. The SMILES string of the molecule is CC(C(=O)N1CCCCC1)n1ccc2c1CCCC2N. The highest BCUT2D eigenvalue weighted by Gasteiger charge is 2.27. The molecule has 4 heteroatoms. The van der Waals surface area contributed by atoms with Gasteiger partial charge in [0.1, 0.15) is 6.04 Å². The Kier molecular flexibility index (Phi) is 3.83. The smallest absolute Gasteiger partial charge is 0.245 e. The number of hydrogen-bond donors (Lipinski definition) is 1. The molecule has 3 rings (SSSR count). The number of aromatic nitrogens is 1. The molecule has 0 radical (unpaired) electrons. The Morgan fingerprint density at radius 3 is 2.80 bits per heavy atom. The molecule has 2 aliphatic rings. The lowest BCUT2D eigenvalue weighted by molar-refractivity contribution is -0.135. The van der Waals surface area contributed by atoms with Crippen LogP contribution in [0.4, 0.5) is 0 Å². The van der Waals surface area contributed by atoms with Gasteiger partial charge in [0.2, 0.25) is 5.91 Å². The summed E-state index contributed by atoms with van der Waals surface area (Å²) in [6, 6.07) is 2.17. The van der Waals surface area contributed by atoms with Crippen LogP contribution in [0, 0.1) is 0 Å². The molecular weight excluding hydrogens is 250 g/mol. The number of amides is 1. The van der Waals surface area contributed by atoms with Crippen LogP contribution in [-0.4, -0.2) is 28.5 Å². The monoisotopic (exact) mass is 275 g/mol. The van der Waals surface area contributed by atoms with Crippen LogP contribution in [0.5, 0.6) is 0 Å². The van der Waals surface area contributed by atoms with Crippen molar-refractivity contribution in [3.63, 3.8) is 0 Å². The van der Waals surface area contributed by atoms with Crippen molar-refractivity contribution in [1.82, 2.24) is 9.47 Å². The predicted octanol–water partition coefficient (Wildman–Crippen LogP) is 2.40. The highest BCUT2D eigenvalue weighted by molar-refractivity contribution is 5.80. The fraction of sp³-hybridized carbons (Fsp3) is 0.688. The summed E-state index contributed by atoms with van der Waals surface area (Å²) in [4.78, 5) is 14.7. The van der Waals surface area contributed by atoms with E-state index in [2.05, 4.69) is 16.8 Å². The van der Waals surface area contributed by atoms with E-state index in [4.69, 9.17) is 5.73 Å². The van der Waals surface area contributed by atoms with Gasteiger partial charge < -0.3 is 15.2 Å². The summed E-state index contributed by atoms with van der Waals surface area (Å²) in [5, 5.41) is 0. The minimum absolute atomic E-state index is 0.0952. The van der Waals surface area contributed by atoms with E-state index < -0.39 is 0 Å². The molecule has 4 nitrogen and oxygen atoms in total. The summed E-state index contributed by atoms with van der Waals surface area (Å²) in [6.45, 7) is 3.87. The van der Waals surface area contributed by atoms with Crippen molar-refractivity contribution >= 4 is 5.91 Å². The molecule has 20 heavy (non-hydrogen) atoms. The lowest BCUT2D eigenvalue weighted by Gasteiger charge is -2.31. The highest BCUT2D eigenvalue weighted by atomic mass is 16.2. The number of nitrogens with zero attached hydrogens (tertiary/aromatic N) is 2. The summed E-state index contributed by atoms with van der Waals surface area (Å²) < 4.78 is 2.16. The van der Waals surface area contributed by atoms with Crippen LogP contribution in [0.2, 0.25) is 0 Å². The fourth-order valence-corrected chi connectivity index (χ4v) is 3.61. The second-order valence-electron chi connectivity index (χ2n) is 6.19. The molecule has 0 spiro atoms. The Morgan fingerprint density at radius 1 is 1.30 bits per heavy atom. The molecule has 2 unspecified atom stereocenters. The van der Waals surface area contributed by atoms with Crippen LogP contribution in [0.15, 0.2) is 12.3 Å². The fourth-order valence-electron chi connectivity index (χ4n) is 3.61. The first-order valence-corrected chi connectivity index (χ1v) is 7.92. The van der Waals surface area contributed by atoms with Crippen LogP contribution >= 0.6 is 0 Å². The molecule has 0 bridgehead atoms. The summed E-state index contributed by atoms with van der Waals surface area (Å²) >= 11 is 0. The standard InChI is InChI=1S/C16H25N3O/c1-12(16(20)18-9-3-2-4-10-18)19-11-8-13-14(17)6-5-7-15(13)19/h8,11-12,14H,2-7,9-10,17H2,1H3. The van der Waals surface area contributed by atoms with Crippen molar-refractivity contribution in [2.45, 2.75) is 57.5 Å². The first-order valence-electron chi connectivity index (χ1n) is 7.92. The van der Waals surface area contributed by atoms with Gasteiger partial charge in [0, 0.05) is 31.0 Å². The van der Waals surface area contributed by atoms with Crippen LogP contribution in [0.1, 0.15) is 62.4 Å². The van der Waals surface area contributed by atoms with Gasteiger partial charge in [-0.2, -0.15) is 0 Å². The van der Waals surface area contributed by atoms with Gasteiger partial charge in [-0.3, -0.25) is 4.79 Å². The van der Waals surface area contributed by atoms with Crippen molar-refractivity contribution in [2.24, 2.45) is 5.73 Å². The van der Waals surface area contributed by atoms with Gasteiger partial charge >= 0.3 is 0 Å². The Balaban J connectivity index is 1.80. The average Bonchev–Trinajstić information content (AvgIpc) is 2.92. The molecule has 110 valence electrons. The maximum Gasteiger partial charge on any atom is 0.245 e. The van der Waals surface area contributed by atoms with E-state index in [1.165, 1.54) is 17.7 Å². The van der Waals surface area contributed by atoms with Gasteiger partial charge in [0.25, 0.3) is 0 Å². The van der Waals surface area contributed by atoms with Crippen molar-refractivity contribution in [1.29, 1.82) is 0 Å². The summed E-state index contributed by atoms with van der Waals surface area (Å²) in [6.07, 6.45) is 8.84. The molecule has 1 saturated heterocycles. The summed E-state index contributed by atoms with van der Waals surface area (Å²) in [5.74, 6) is 0.266. The van der Waals surface area contributed by atoms with E-state index in [1.54, 1.807) is 0 Å². The van der Waals surface area contributed by atoms with Crippen LogP contribution in [-0.2, 0) is 11.2 Å². The van der Waals surface area contributed by atoms with Crippen LogP contribution in [0.3, 0.4) is 0 Å². The Labute approximate surface area is 120 Å². The van der Waals surface area contributed by atoms with Crippen molar-refractivity contribution < 1.29 is 4.79 Å². The van der Waals surface area contributed by atoms with Crippen LogP contribution < -0.4 is 5.73 Å². The third-order valence-electron chi connectivity index (χ3n) is 4.83. The lowest BCUT2D eigenvalue weighted by Crippen LogP contribution is -2.40. The number of likely N-dealkylation sites (tertiary alicyclic amines) is 1. The quantitative estimate of drug-likeness (QED) is 0.901. The maximum absolute atomic E-state index is 12.6. The molecule has 1 aromatic heterocycles. The number of carbonyl (C=O) groups is 1. The number of piperidine rings is 1. The van der Waals surface area contributed by atoms with Gasteiger partial charge in [0.15, 0.2) is 0 Å². The zero-order chi connectivity index (χ0) is 14.1. The van der Waals surface area contributed by atoms with E-state index in [0.717, 1.165) is 45.2 Å². The normalized spacial score (nSPS) is 24.3. The molecule has 1 aliphatic heterocycles. The Hall–Kier alpha value is -1.29. The molecule has 0 aromatic carbocycles. The molecular formula is C16H25N3O. The van der Waals surface area contributed by atoms with E-state index in [-0.39, 0.29) is 18.0 Å². The Bertz CT molecular complexity index is 488. The van der Waals surface area contributed by atoms with E-state index in [0.29, 0.717) is 0 Å². The number of nitrogens with two attached hydrogens (primary N) is 1. The van der Waals surface area contributed by atoms with Gasteiger partial charge in [0.05, 0.1) is 0 Å². The van der Waals surface area contributed by atoms with E-state index in [1.807, 2.05) is 11.8 Å². The van der Waals surface area contributed by atoms with Crippen molar-refractivity contribution in [2.75, 3.05) is 13.1 Å². The third kappa shape index (κ3) is 2.37. The van der Waals surface area contributed by atoms with E-state index in [9.17, 15) is 4.79 Å². The number of fused-ring (bicyclic) bond motifs is 1. The molecule has 2 atom stereocenters. The second kappa shape index (κ2) is 5.60. The molecule has 1 fully saturated rings. The topological polar surface area (TPSA) is 51.3 Å². The molecule has 2 N–H and O–H groups in total. The molecule has 1 aliphatic carbocycles. The number of hydrogen-bond acceptors (Lipinski definition) is 2. The van der Waals surface area contributed by atoms with Crippen LogP contribution in [0.25, 0.3) is 0 Å². The van der Waals surface area contributed by atoms with Crippen molar-refractivity contribution in [3.8, 4) is 0 Å². The third-order valence-corrected chi connectivity index (χ3v) is 4.83. The number of carbonyl (C=O) groups excluding carboxylic acids is 1. The van der Waals surface area contributed by atoms with Gasteiger partial charge in [-0.25, -0.2) is 0 Å². The number of rotatable bonds is 2. The maximum atomic E-state index is 12.6. The molecule has 0 saturated carbocycles. The van der Waals surface area contributed by atoms with Gasteiger partial charge in [-0.05, 0) is 57.1 Å². The zero-order valence-corrected chi connectivity index (χ0v) is 12.3. The zero-order valence-electron chi connectivity index (χ0n) is 12.3. The van der Waals surface area contributed by atoms with Crippen molar-refractivity contribution in [3.05, 3.63) is 23.5 Å². The highest BCUT2D eigenvalue weighted by Crippen LogP contribution is 2.31. The first kappa shape index (κ1) is 13.7. The minimum Gasteiger partial charge on any atom is -0.341 e. The van der Waals surface area contributed by atoms with E-state index >= 15 is 0 Å². The Morgan fingerprint density at radius 2 is 2.05 bits per heavy atom. The average molecular weight is 275 g/mol. The van der Waals surface area contributed by atoms with Gasteiger partial charge in [-0.1, -0.05) is 0 Å². The lowest BCUT2D eigenvalue weighted by atomic mass is 9.93. The predicted molar refractivity (Wildman–Crippen MR) is 79.4 cm³/mol.